The molecule has 0 saturated carbocycles. The Morgan fingerprint density at radius 1 is 0.879 bits per heavy atom. The molecule has 0 aliphatic carbocycles. The molecule has 0 spiro atoms. The van der Waals surface area contributed by atoms with Crippen LogP contribution in [-0.2, 0) is 4.79 Å². The summed E-state index contributed by atoms with van der Waals surface area (Å²) < 4.78 is 0.955. The molecule has 1 aliphatic heterocycles. The molecule has 0 radical (unpaired) electrons. The van der Waals surface area contributed by atoms with Gasteiger partial charge >= 0.3 is 0 Å². The van der Waals surface area contributed by atoms with Crippen LogP contribution in [0.3, 0.4) is 0 Å². The highest BCUT2D eigenvalue weighted by Gasteiger charge is 2.36. The Kier molecular flexibility index (Phi) is 18.1. The quantitative estimate of drug-likeness (QED) is 0.0989. The van der Waals surface area contributed by atoms with Gasteiger partial charge in [0.15, 0.2) is 6.17 Å². The summed E-state index contributed by atoms with van der Waals surface area (Å²) in [7, 11) is 0. The van der Waals surface area contributed by atoms with Crippen LogP contribution < -0.4 is 10.6 Å². The number of carbonyl (C=O) groups is 1. The van der Waals surface area contributed by atoms with E-state index in [9.17, 15) is 4.79 Å². The molecule has 0 aromatic rings. The van der Waals surface area contributed by atoms with Gasteiger partial charge in [0.25, 0.3) is 0 Å². The van der Waals surface area contributed by atoms with Gasteiger partial charge in [-0.1, -0.05) is 95.6 Å². The van der Waals surface area contributed by atoms with Gasteiger partial charge in [0.1, 0.15) is 12.7 Å². The van der Waals surface area contributed by atoms with Gasteiger partial charge in [-0.25, -0.2) is 0 Å². The summed E-state index contributed by atoms with van der Waals surface area (Å²) >= 11 is 0. The molecule has 1 amide bonds. The molecule has 0 saturated heterocycles. The molecule has 0 bridgehead atoms. The van der Waals surface area contributed by atoms with E-state index in [0.717, 1.165) is 24.1 Å². The topological polar surface area (TPSA) is 41.1 Å². The summed E-state index contributed by atoms with van der Waals surface area (Å²) in [6, 6.07) is 0. The van der Waals surface area contributed by atoms with Gasteiger partial charge < -0.3 is 10.6 Å². The summed E-state index contributed by atoms with van der Waals surface area (Å²) in [6.07, 6.45) is 33.0. The number of unbranched alkanes of at least 4 members (excludes halogenated alkanes) is 15. The first-order valence-corrected chi connectivity index (χ1v) is 14.3. The average molecular weight is 463 g/mol. The highest BCUT2D eigenvalue weighted by atomic mass is 16.1. The molecule has 0 aromatic carbocycles. The van der Waals surface area contributed by atoms with Crippen LogP contribution in [0.2, 0.25) is 0 Å². The molecule has 1 rings (SSSR count). The van der Waals surface area contributed by atoms with Crippen molar-refractivity contribution in [1.29, 1.82) is 0 Å². The minimum atomic E-state index is 0.0682. The summed E-state index contributed by atoms with van der Waals surface area (Å²) in [5, 5.41) is 6.53. The number of amides is 1. The third kappa shape index (κ3) is 14.6. The van der Waals surface area contributed by atoms with Crippen LogP contribution in [0, 0.1) is 0 Å². The Hall–Kier alpha value is -1.29. The number of nitrogens with zero attached hydrogens (tertiary/aromatic N) is 1. The number of likely N-dealkylation sites (N-methyl/N-ethyl adjacent to an activating group) is 1. The van der Waals surface area contributed by atoms with Crippen LogP contribution in [0.1, 0.15) is 130 Å². The first kappa shape index (κ1) is 29.7. The maximum Gasteiger partial charge on any atom is 0.217 e. The second-order valence-corrected chi connectivity index (χ2v) is 10.1. The zero-order valence-electron chi connectivity index (χ0n) is 22.4. The maximum absolute atomic E-state index is 11.2. The first-order valence-electron chi connectivity index (χ1n) is 14.3. The second kappa shape index (κ2) is 20.1. The molecule has 0 fully saturated rings. The van der Waals surface area contributed by atoms with Gasteiger partial charge in [0.05, 0.1) is 19.3 Å². The highest BCUT2D eigenvalue weighted by molar-refractivity contribution is 5.72. The molecule has 2 unspecified atom stereocenters. The van der Waals surface area contributed by atoms with E-state index >= 15 is 0 Å². The fourth-order valence-electron chi connectivity index (χ4n) is 5.11. The van der Waals surface area contributed by atoms with E-state index in [-0.39, 0.29) is 5.91 Å². The molecule has 1 aliphatic rings. The van der Waals surface area contributed by atoms with E-state index in [1.807, 2.05) is 0 Å². The SMILES string of the molecule is C/C=C/CCCCCCCCCCCCCCCCCC1NC=C[N+]1(CC)CCNC(C)=O. The number of carbonyl (C=O) groups excluding carboxylic acids is 1. The van der Waals surface area contributed by atoms with Crippen molar-refractivity contribution in [2.24, 2.45) is 0 Å². The minimum absolute atomic E-state index is 0.0682. The average Bonchev–Trinajstić information content (AvgIpc) is 3.21. The van der Waals surface area contributed by atoms with Crippen molar-refractivity contribution >= 4 is 5.91 Å². The molecular formula is C29H56N3O+. The van der Waals surface area contributed by atoms with E-state index in [1.54, 1.807) is 6.92 Å². The minimum Gasteiger partial charge on any atom is -0.351 e. The first-order chi connectivity index (χ1) is 16.1. The normalized spacial score (nSPS) is 19.9. The predicted molar refractivity (Wildman–Crippen MR) is 144 cm³/mol. The molecule has 4 heteroatoms. The number of quaternary nitrogens is 1. The van der Waals surface area contributed by atoms with E-state index < -0.39 is 0 Å². The third-order valence-corrected chi connectivity index (χ3v) is 7.36. The van der Waals surface area contributed by atoms with Crippen LogP contribution in [-0.4, -0.2) is 36.2 Å². The van der Waals surface area contributed by atoms with Gasteiger partial charge in [-0.05, 0) is 33.1 Å². The van der Waals surface area contributed by atoms with Crippen LogP contribution in [0.5, 0.6) is 0 Å². The number of hydrogen-bond donors (Lipinski definition) is 2. The lowest BCUT2D eigenvalue weighted by molar-refractivity contribution is -0.898. The smallest absolute Gasteiger partial charge is 0.217 e. The lowest BCUT2D eigenvalue weighted by Crippen LogP contribution is -2.55. The van der Waals surface area contributed by atoms with Crippen molar-refractivity contribution in [2.75, 3.05) is 19.6 Å². The second-order valence-electron chi connectivity index (χ2n) is 10.1. The Bertz CT molecular complexity index is 531. The van der Waals surface area contributed by atoms with Crippen LogP contribution >= 0.6 is 0 Å². The van der Waals surface area contributed by atoms with Gasteiger partial charge in [0.2, 0.25) is 5.91 Å². The third-order valence-electron chi connectivity index (χ3n) is 7.36. The van der Waals surface area contributed by atoms with Gasteiger partial charge in [-0.15, -0.1) is 0 Å². The summed E-state index contributed by atoms with van der Waals surface area (Å²) in [5.74, 6) is 0.0682. The van der Waals surface area contributed by atoms with E-state index in [1.165, 1.54) is 109 Å². The molecule has 4 nitrogen and oxygen atoms in total. The molecule has 192 valence electrons. The summed E-state index contributed by atoms with van der Waals surface area (Å²) in [6.45, 7) is 8.77. The van der Waals surface area contributed by atoms with Gasteiger partial charge in [-0.3, -0.25) is 9.28 Å². The monoisotopic (exact) mass is 462 g/mol. The lowest BCUT2D eigenvalue weighted by atomic mass is 10.0. The maximum atomic E-state index is 11.2. The van der Waals surface area contributed by atoms with Crippen LogP contribution in [0.25, 0.3) is 0 Å². The van der Waals surface area contributed by atoms with Crippen molar-refractivity contribution < 1.29 is 9.28 Å². The van der Waals surface area contributed by atoms with Crippen molar-refractivity contribution in [3.63, 3.8) is 0 Å². The van der Waals surface area contributed by atoms with E-state index in [4.69, 9.17) is 0 Å². The number of nitrogens with one attached hydrogen (secondary N) is 2. The van der Waals surface area contributed by atoms with Crippen molar-refractivity contribution in [3.05, 3.63) is 24.6 Å². The highest BCUT2D eigenvalue weighted by Crippen LogP contribution is 2.23. The van der Waals surface area contributed by atoms with Gasteiger partial charge in [-0.2, -0.15) is 0 Å². The zero-order valence-corrected chi connectivity index (χ0v) is 22.4. The Morgan fingerprint density at radius 2 is 1.39 bits per heavy atom. The number of hydrogen-bond acceptors (Lipinski definition) is 2. The Labute approximate surface area is 206 Å². The van der Waals surface area contributed by atoms with Crippen molar-refractivity contribution in [1.82, 2.24) is 10.6 Å². The van der Waals surface area contributed by atoms with E-state index in [2.05, 4.69) is 49.0 Å². The lowest BCUT2D eigenvalue weighted by Gasteiger charge is -2.37. The number of rotatable bonds is 22. The molecule has 2 N–H and O–H groups in total. The predicted octanol–water partition coefficient (Wildman–Crippen LogP) is 7.57. The van der Waals surface area contributed by atoms with Crippen LogP contribution in [0.4, 0.5) is 0 Å². The van der Waals surface area contributed by atoms with Crippen molar-refractivity contribution in [2.45, 2.75) is 136 Å². The Morgan fingerprint density at radius 3 is 1.88 bits per heavy atom. The van der Waals surface area contributed by atoms with E-state index in [0.29, 0.717) is 6.17 Å². The van der Waals surface area contributed by atoms with Gasteiger partial charge in [0, 0.05) is 13.3 Å². The number of allylic oxidation sites excluding steroid dienone is 2. The summed E-state index contributed by atoms with van der Waals surface area (Å²) in [5.41, 5.74) is 0. The largest absolute Gasteiger partial charge is 0.351 e. The van der Waals surface area contributed by atoms with Crippen molar-refractivity contribution in [3.8, 4) is 0 Å². The fraction of sp³-hybridized carbons (Fsp3) is 0.828. The molecule has 33 heavy (non-hydrogen) atoms. The zero-order chi connectivity index (χ0) is 24.0. The Balaban J connectivity index is 1.90. The molecule has 2 atom stereocenters. The van der Waals surface area contributed by atoms with Crippen LogP contribution in [0.15, 0.2) is 24.6 Å². The molecule has 1 heterocycles. The molecule has 0 aromatic heterocycles. The fourth-order valence-corrected chi connectivity index (χ4v) is 5.11. The summed E-state index contributed by atoms with van der Waals surface area (Å²) in [4.78, 5) is 11.2. The molecular weight excluding hydrogens is 406 g/mol. The standard InChI is InChI=1S/C29H55N3O/c1-4-6-7-8-9-10-11-12-13-14-15-16-17-18-19-20-21-22-23-29-31-25-27-32(29,5-2)26-24-30-28(3)33/h4,6,25,27,29,31H,5,7-24,26H2,1-3H3/p+1/b6-4+.